The van der Waals surface area contributed by atoms with Gasteiger partial charge in [-0.15, -0.1) is 0 Å². The van der Waals surface area contributed by atoms with Crippen LogP contribution in [0.2, 0.25) is 0 Å². The van der Waals surface area contributed by atoms with Gasteiger partial charge in [0.05, 0.1) is 5.56 Å². The first-order valence-corrected chi connectivity index (χ1v) is 15.7. The van der Waals surface area contributed by atoms with Crippen LogP contribution >= 0.6 is 0 Å². The van der Waals surface area contributed by atoms with Gasteiger partial charge in [-0.25, -0.2) is 9.78 Å². The second-order valence-electron chi connectivity index (χ2n) is 12.5. The maximum absolute atomic E-state index is 13.5. The van der Waals surface area contributed by atoms with Crippen molar-refractivity contribution in [3.8, 4) is 5.75 Å². The summed E-state index contributed by atoms with van der Waals surface area (Å²) in [6.07, 6.45) is 2.23. The van der Waals surface area contributed by atoms with Crippen molar-refractivity contribution in [3.63, 3.8) is 0 Å². The number of ether oxygens (including phenoxy) is 1. The Morgan fingerprint density at radius 2 is 1.75 bits per heavy atom. The summed E-state index contributed by atoms with van der Waals surface area (Å²) in [6, 6.07) is 5.63. The highest BCUT2D eigenvalue weighted by molar-refractivity contribution is 6.16. The molecule has 0 radical (unpaired) electrons. The number of ketones is 1. The predicted molar refractivity (Wildman–Crippen MR) is 172 cm³/mol. The molecule has 2 saturated heterocycles. The summed E-state index contributed by atoms with van der Waals surface area (Å²) in [5, 5.41) is 6.26. The number of amides is 4. The Labute approximate surface area is 274 Å². The van der Waals surface area contributed by atoms with Gasteiger partial charge in [0.15, 0.2) is 5.76 Å². The van der Waals surface area contributed by atoms with Crippen molar-refractivity contribution in [3.05, 3.63) is 53.5 Å². The molecule has 4 amide bonds. The molecule has 0 atom stereocenters. The number of aromatic nitrogens is 2. The van der Waals surface area contributed by atoms with Crippen molar-refractivity contribution < 1.29 is 37.1 Å². The number of alkyl halides is 3. The van der Waals surface area contributed by atoms with Crippen LogP contribution in [0.25, 0.3) is 17.1 Å². The van der Waals surface area contributed by atoms with Crippen LogP contribution in [0.4, 0.5) is 29.3 Å². The van der Waals surface area contributed by atoms with Crippen molar-refractivity contribution >= 4 is 52.1 Å². The van der Waals surface area contributed by atoms with Crippen LogP contribution in [0.1, 0.15) is 41.6 Å². The average Bonchev–Trinajstić information content (AvgIpc) is 3.55. The number of fused-ring (bicyclic) bond motifs is 2. The average molecular weight is 668 g/mol. The molecule has 3 aromatic rings. The Bertz CT molecular complexity index is 1800. The molecule has 254 valence electrons. The fraction of sp³-hybridized carbons (Fsp3) is 0.424. The summed E-state index contributed by atoms with van der Waals surface area (Å²) < 4.78 is 46.0. The van der Waals surface area contributed by atoms with E-state index in [1.165, 1.54) is 6.07 Å². The summed E-state index contributed by atoms with van der Waals surface area (Å²) in [5.74, 6) is -1.67. The molecule has 3 aliphatic rings. The second kappa shape index (κ2) is 12.8. The molecule has 5 heterocycles. The topological polar surface area (TPSA) is 129 Å². The monoisotopic (exact) mass is 667 g/mol. The van der Waals surface area contributed by atoms with E-state index in [2.05, 4.69) is 20.5 Å². The molecule has 0 aliphatic carbocycles. The maximum atomic E-state index is 13.5. The molecule has 0 bridgehead atoms. The van der Waals surface area contributed by atoms with Crippen LogP contribution in [-0.2, 0) is 16.6 Å². The number of halogens is 3. The maximum Gasteiger partial charge on any atom is 0.471 e. The van der Waals surface area contributed by atoms with Crippen molar-refractivity contribution in [2.24, 2.45) is 13.0 Å². The van der Waals surface area contributed by atoms with Crippen LogP contribution in [0.3, 0.4) is 0 Å². The second-order valence-corrected chi connectivity index (χ2v) is 12.5. The fourth-order valence-electron chi connectivity index (χ4n) is 6.59. The summed E-state index contributed by atoms with van der Waals surface area (Å²) >= 11 is 0. The Kier molecular flexibility index (Phi) is 8.79. The van der Waals surface area contributed by atoms with Gasteiger partial charge in [0.25, 0.3) is 0 Å². The van der Waals surface area contributed by atoms with E-state index in [-0.39, 0.29) is 54.9 Å². The van der Waals surface area contributed by atoms with Crippen LogP contribution in [-0.4, -0.2) is 95.5 Å². The molecule has 48 heavy (non-hydrogen) atoms. The van der Waals surface area contributed by atoms with Crippen LogP contribution in [0.5, 0.6) is 5.75 Å². The lowest BCUT2D eigenvalue weighted by atomic mass is 9.95. The predicted octanol–water partition coefficient (Wildman–Crippen LogP) is 4.17. The van der Waals surface area contributed by atoms with Gasteiger partial charge in [0.2, 0.25) is 11.7 Å². The minimum atomic E-state index is -4.93. The molecule has 6 rings (SSSR count). The number of nitrogens with zero attached hydrogens (tertiary/aromatic N) is 5. The van der Waals surface area contributed by atoms with Gasteiger partial charge in [-0.05, 0) is 56.0 Å². The minimum absolute atomic E-state index is 0.0174. The van der Waals surface area contributed by atoms with Gasteiger partial charge in [0.1, 0.15) is 11.4 Å². The number of rotatable bonds is 5. The van der Waals surface area contributed by atoms with Gasteiger partial charge in [-0.2, -0.15) is 13.2 Å². The molecule has 3 aliphatic heterocycles. The molecule has 2 fully saturated rings. The number of urea groups is 1. The van der Waals surface area contributed by atoms with E-state index in [1.54, 1.807) is 43.4 Å². The molecular formula is C33H36F3N7O5. The molecule has 15 heteroatoms. The zero-order valence-corrected chi connectivity index (χ0v) is 26.8. The molecule has 12 nitrogen and oxygen atoms in total. The zero-order valence-electron chi connectivity index (χ0n) is 26.8. The highest BCUT2D eigenvalue weighted by Gasteiger charge is 2.43. The number of carbonyl (C=O) groups excluding carboxylic acids is 4. The van der Waals surface area contributed by atoms with Crippen molar-refractivity contribution in [1.29, 1.82) is 0 Å². The van der Waals surface area contributed by atoms with Gasteiger partial charge >= 0.3 is 18.1 Å². The first-order valence-electron chi connectivity index (χ1n) is 15.7. The summed E-state index contributed by atoms with van der Waals surface area (Å²) in [4.78, 5) is 59.3. The van der Waals surface area contributed by atoms with E-state index in [0.717, 1.165) is 40.0 Å². The Balaban J connectivity index is 1.13. The number of aryl methyl sites for hydroxylation is 1. The van der Waals surface area contributed by atoms with Crippen molar-refractivity contribution in [2.75, 3.05) is 50.5 Å². The van der Waals surface area contributed by atoms with E-state index in [0.29, 0.717) is 24.5 Å². The number of Topliss-reactive ketones (excluding diaryl/α,β-unsaturated/α-hetero) is 1. The Hall–Kier alpha value is -5.08. The number of allylic oxidation sites excluding steroid dienone is 1. The number of pyridine rings is 1. The van der Waals surface area contributed by atoms with E-state index < -0.39 is 24.2 Å². The van der Waals surface area contributed by atoms with Gasteiger partial charge < -0.3 is 34.6 Å². The van der Waals surface area contributed by atoms with E-state index in [9.17, 15) is 32.3 Å². The molecule has 0 saturated carbocycles. The number of likely N-dealkylation sites (tertiary alicyclic amines) is 1. The van der Waals surface area contributed by atoms with Gasteiger partial charge in [0, 0.05) is 94.0 Å². The van der Waals surface area contributed by atoms with Crippen molar-refractivity contribution in [2.45, 2.75) is 37.9 Å². The zero-order chi connectivity index (χ0) is 34.3. The van der Waals surface area contributed by atoms with Gasteiger partial charge in [-0.3, -0.25) is 14.4 Å². The quantitative estimate of drug-likeness (QED) is 0.391. The summed E-state index contributed by atoms with van der Waals surface area (Å²) in [5.41, 5.74) is 3.05. The molecule has 0 unspecified atom stereocenters. The Morgan fingerprint density at radius 3 is 2.42 bits per heavy atom. The molecule has 1 aromatic carbocycles. The lowest BCUT2D eigenvalue weighted by molar-refractivity contribution is -0.186. The largest absolute Gasteiger partial charge is 0.471 e. The minimum Gasteiger partial charge on any atom is -0.452 e. The normalized spacial score (nSPS) is 18.2. The highest BCUT2D eigenvalue weighted by atomic mass is 19.4. The van der Waals surface area contributed by atoms with Crippen LogP contribution < -0.4 is 20.3 Å². The standard InChI is InChI=1S/C33H36F3N7O5/c1-40(2)30(45)19-7-12-42(13-8-19)24-6-11-37-29-27(24)20(18-41(29)3)16-26-28(44)23-17-22(4-5-25(23)48-26)39-32(47)38-21-9-14-43(15-10-21)31(46)33(34,35)36/h4-6,11,16-19,21H,7-10,12-15H2,1-3H3,(H2,38,39,47). The molecule has 2 aromatic heterocycles. The number of nitrogens with one attached hydrogen (secondary N) is 2. The van der Waals surface area contributed by atoms with E-state index in [4.69, 9.17) is 4.74 Å². The summed E-state index contributed by atoms with van der Waals surface area (Å²) in [6.45, 7) is 1.17. The smallest absolute Gasteiger partial charge is 0.452 e. The molecule has 0 spiro atoms. The Morgan fingerprint density at radius 1 is 1.04 bits per heavy atom. The third kappa shape index (κ3) is 6.53. The molecular weight excluding hydrogens is 631 g/mol. The van der Waals surface area contributed by atoms with E-state index >= 15 is 0 Å². The van der Waals surface area contributed by atoms with Gasteiger partial charge in [-0.1, -0.05) is 0 Å². The third-order valence-electron chi connectivity index (χ3n) is 9.06. The number of carbonyl (C=O) groups is 4. The highest BCUT2D eigenvalue weighted by Crippen LogP contribution is 2.37. The lowest BCUT2D eigenvalue weighted by Crippen LogP contribution is -2.50. The van der Waals surface area contributed by atoms with E-state index in [1.807, 2.05) is 23.9 Å². The molecule has 2 N–H and O–H groups in total. The number of benzene rings is 1. The number of hydrogen-bond acceptors (Lipinski definition) is 7. The van der Waals surface area contributed by atoms with Crippen molar-refractivity contribution in [1.82, 2.24) is 24.7 Å². The van der Waals surface area contributed by atoms with Crippen LogP contribution in [0.15, 0.2) is 42.4 Å². The number of piperidine rings is 2. The third-order valence-corrected chi connectivity index (χ3v) is 9.06. The number of hydrogen-bond donors (Lipinski definition) is 2. The SMILES string of the molecule is CN(C)C(=O)C1CCN(c2ccnc3c2c(C=C2Oc4ccc(NC(=O)NC5CCN(C(=O)C(F)(F)F)CC5)cc4C2=O)cn3C)CC1. The van der Waals surface area contributed by atoms with Crippen LogP contribution in [0, 0.1) is 5.92 Å². The summed E-state index contributed by atoms with van der Waals surface area (Å²) in [7, 11) is 5.43. The lowest BCUT2D eigenvalue weighted by Gasteiger charge is -2.34. The number of anilines is 2. The first kappa shape index (κ1) is 32.8. The fourth-order valence-corrected chi connectivity index (χ4v) is 6.59. The first-order chi connectivity index (χ1) is 22.8.